The maximum Gasteiger partial charge on any atom is 0.308 e. The molecule has 0 saturated carbocycles. The zero-order valence-corrected chi connectivity index (χ0v) is 22.5. The van der Waals surface area contributed by atoms with E-state index in [1.807, 2.05) is 6.92 Å². The van der Waals surface area contributed by atoms with Crippen molar-refractivity contribution in [2.45, 2.75) is 169 Å². The van der Waals surface area contributed by atoms with Crippen LogP contribution in [0.1, 0.15) is 169 Å². The molecule has 0 aliphatic heterocycles. The standard InChI is InChI=1S/C24H48O2.C5H12/c1-4-6-8-9-10-11-12-13-14-15-16-17-18-20-22-26-24(25)23(3)21-19-7-5-2;1-3-5-4-2/h23H,4-22H2,1-3H3;3-5H2,1-2H3. The number of ether oxygens (including phenoxy) is 1. The van der Waals surface area contributed by atoms with E-state index in [9.17, 15) is 4.79 Å². The SMILES string of the molecule is CCCCC.CCCCCCCCCCCCCCCCOC(=O)C(C)CCCCC. The van der Waals surface area contributed by atoms with Crippen molar-refractivity contribution in [3.63, 3.8) is 0 Å². The fraction of sp³-hybridized carbons (Fsp3) is 0.966. The Morgan fingerprint density at radius 2 is 0.871 bits per heavy atom. The summed E-state index contributed by atoms with van der Waals surface area (Å²) in [4.78, 5) is 11.8. The molecule has 0 aromatic rings. The van der Waals surface area contributed by atoms with Crippen LogP contribution in [0.4, 0.5) is 0 Å². The van der Waals surface area contributed by atoms with Gasteiger partial charge in [-0.25, -0.2) is 0 Å². The molecule has 0 aromatic heterocycles. The summed E-state index contributed by atoms with van der Waals surface area (Å²) in [7, 11) is 0. The van der Waals surface area contributed by atoms with E-state index in [0.717, 1.165) is 19.3 Å². The lowest BCUT2D eigenvalue weighted by atomic mass is 10.0. The molecule has 1 unspecified atom stereocenters. The van der Waals surface area contributed by atoms with Crippen molar-refractivity contribution in [3.8, 4) is 0 Å². The minimum absolute atomic E-state index is 0.01000. The second kappa shape index (κ2) is 29.5. The third kappa shape index (κ3) is 29.5. The van der Waals surface area contributed by atoms with Gasteiger partial charge in [0, 0.05) is 0 Å². The van der Waals surface area contributed by atoms with Crippen LogP contribution >= 0.6 is 0 Å². The van der Waals surface area contributed by atoms with Crippen LogP contribution in [0.3, 0.4) is 0 Å². The van der Waals surface area contributed by atoms with Crippen LogP contribution in [0.2, 0.25) is 0 Å². The predicted octanol–water partition coefficient (Wildman–Crippen LogP) is 10.4. The van der Waals surface area contributed by atoms with E-state index in [4.69, 9.17) is 4.74 Å². The number of hydrogen-bond acceptors (Lipinski definition) is 2. The molecule has 188 valence electrons. The lowest BCUT2D eigenvalue weighted by Crippen LogP contribution is -2.15. The number of rotatable bonds is 22. The predicted molar refractivity (Wildman–Crippen MR) is 140 cm³/mol. The third-order valence-corrected chi connectivity index (χ3v) is 6.09. The van der Waals surface area contributed by atoms with E-state index in [1.165, 1.54) is 116 Å². The molecule has 1 atom stereocenters. The number of carbonyl (C=O) groups is 1. The summed E-state index contributed by atoms with van der Waals surface area (Å²) in [5, 5.41) is 0. The summed E-state index contributed by atoms with van der Waals surface area (Å²) in [6, 6.07) is 0. The van der Waals surface area contributed by atoms with Crippen molar-refractivity contribution >= 4 is 5.97 Å². The van der Waals surface area contributed by atoms with E-state index in [2.05, 4.69) is 27.7 Å². The Kier molecular flexibility index (Phi) is 31.0. The van der Waals surface area contributed by atoms with E-state index < -0.39 is 0 Å². The summed E-state index contributed by atoms with van der Waals surface area (Å²) >= 11 is 0. The smallest absolute Gasteiger partial charge is 0.308 e. The highest BCUT2D eigenvalue weighted by Crippen LogP contribution is 2.14. The summed E-state index contributed by atoms with van der Waals surface area (Å²) in [6.07, 6.45) is 27.6. The van der Waals surface area contributed by atoms with Crippen molar-refractivity contribution in [1.29, 1.82) is 0 Å². The van der Waals surface area contributed by atoms with Gasteiger partial charge in [0.1, 0.15) is 0 Å². The van der Waals surface area contributed by atoms with Crippen molar-refractivity contribution in [2.24, 2.45) is 5.92 Å². The number of unbranched alkanes of at least 4 members (excludes halogenated alkanes) is 17. The summed E-state index contributed by atoms with van der Waals surface area (Å²) in [5.41, 5.74) is 0. The molecule has 2 heteroatoms. The van der Waals surface area contributed by atoms with Crippen LogP contribution in [-0.4, -0.2) is 12.6 Å². The molecule has 0 spiro atoms. The van der Waals surface area contributed by atoms with Crippen LogP contribution in [0.25, 0.3) is 0 Å². The molecule has 0 saturated heterocycles. The zero-order chi connectivity index (χ0) is 23.4. The Labute approximate surface area is 197 Å². The molecule has 0 fully saturated rings. The van der Waals surface area contributed by atoms with Gasteiger partial charge in [0.15, 0.2) is 0 Å². The molecule has 0 aliphatic carbocycles. The zero-order valence-electron chi connectivity index (χ0n) is 22.5. The Morgan fingerprint density at radius 1 is 0.516 bits per heavy atom. The van der Waals surface area contributed by atoms with Gasteiger partial charge in [-0.1, -0.05) is 157 Å². The highest BCUT2D eigenvalue weighted by atomic mass is 16.5. The van der Waals surface area contributed by atoms with E-state index >= 15 is 0 Å². The maximum atomic E-state index is 11.8. The molecule has 2 nitrogen and oxygen atoms in total. The summed E-state index contributed by atoms with van der Waals surface area (Å²) in [6.45, 7) is 11.5. The van der Waals surface area contributed by atoms with Gasteiger partial charge >= 0.3 is 5.97 Å². The Balaban J connectivity index is 0. The summed E-state index contributed by atoms with van der Waals surface area (Å²) in [5.74, 6) is 0.0870. The van der Waals surface area contributed by atoms with E-state index in [1.54, 1.807) is 0 Å². The fourth-order valence-corrected chi connectivity index (χ4v) is 3.78. The highest BCUT2D eigenvalue weighted by Gasteiger charge is 2.13. The highest BCUT2D eigenvalue weighted by molar-refractivity contribution is 5.71. The first kappa shape index (κ1) is 32.6. The van der Waals surface area contributed by atoms with Gasteiger partial charge in [-0.2, -0.15) is 0 Å². The topological polar surface area (TPSA) is 26.3 Å². The van der Waals surface area contributed by atoms with Crippen LogP contribution in [0.15, 0.2) is 0 Å². The normalized spacial score (nSPS) is 11.6. The van der Waals surface area contributed by atoms with Gasteiger partial charge in [0.05, 0.1) is 12.5 Å². The lowest BCUT2D eigenvalue weighted by molar-refractivity contribution is -0.148. The molecular formula is C29H60O2. The molecule has 0 amide bonds. The first-order valence-corrected chi connectivity index (χ1v) is 14.3. The molecule has 0 heterocycles. The monoisotopic (exact) mass is 440 g/mol. The van der Waals surface area contributed by atoms with Gasteiger partial charge in [-0.15, -0.1) is 0 Å². The molecule has 0 bridgehead atoms. The van der Waals surface area contributed by atoms with Crippen LogP contribution in [-0.2, 0) is 9.53 Å². The first-order chi connectivity index (χ1) is 15.1. The molecular weight excluding hydrogens is 380 g/mol. The van der Waals surface area contributed by atoms with E-state index in [0.29, 0.717) is 6.61 Å². The molecule has 31 heavy (non-hydrogen) atoms. The quantitative estimate of drug-likeness (QED) is 0.124. The van der Waals surface area contributed by atoms with Crippen molar-refractivity contribution in [2.75, 3.05) is 6.61 Å². The van der Waals surface area contributed by atoms with Crippen molar-refractivity contribution in [3.05, 3.63) is 0 Å². The average molecular weight is 441 g/mol. The summed E-state index contributed by atoms with van der Waals surface area (Å²) < 4.78 is 5.40. The Hall–Kier alpha value is -0.530. The lowest BCUT2D eigenvalue weighted by Gasteiger charge is -2.11. The Bertz CT molecular complexity index is 325. The van der Waals surface area contributed by atoms with Gasteiger partial charge < -0.3 is 4.74 Å². The van der Waals surface area contributed by atoms with Crippen molar-refractivity contribution in [1.82, 2.24) is 0 Å². The van der Waals surface area contributed by atoms with Crippen molar-refractivity contribution < 1.29 is 9.53 Å². The number of carbonyl (C=O) groups excluding carboxylic acids is 1. The van der Waals surface area contributed by atoms with Crippen LogP contribution in [0, 0.1) is 5.92 Å². The largest absolute Gasteiger partial charge is 0.465 e. The molecule has 0 aromatic carbocycles. The Morgan fingerprint density at radius 3 is 1.26 bits per heavy atom. The van der Waals surface area contributed by atoms with Gasteiger partial charge in [-0.05, 0) is 12.8 Å². The molecule has 0 radical (unpaired) electrons. The second-order valence-corrected chi connectivity index (χ2v) is 9.51. The number of hydrogen-bond donors (Lipinski definition) is 0. The fourth-order valence-electron chi connectivity index (χ4n) is 3.78. The van der Waals surface area contributed by atoms with Gasteiger partial charge in [0.25, 0.3) is 0 Å². The van der Waals surface area contributed by atoms with Crippen LogP contribution < -0.4 is 0 Å². The third-order valence-electron chi connectivity index (χ3n) is 6.09. The average Bonchev–Trinajstić information content (AvgIpc) is 2.77. The maximum absolute atomic E-state index is 11.8. The van der Waals surface area contributed by atoms with Gasteiger partial charge in [-0.3, -0.25) is 4.79 Å². The van der Waals surface area contributed by atoms with E-state index in [-0.39, 0.29) is 11.9 Å². The molecule has 0 N–H and O–H groups in total. The molecule has 0 rings (SSSR count). The van der Waals surface area contributed by atoms with Gasteiger partial charge in [0.2, 0.25) is 0 Å². The first-order valence-electron chi connectivity index (χ1n) is 14.3. The van der Waals surface area contributed by atoms with Crippen LogP contribution in [0.5, 0.6) is 0 Å². The minimum Gasteiger partial charge on any atom is -0.465 e. The minimum atomic E-state index is 0.01000. The molecule has 0 aliphatic rings. The second-order valence-electron chi connectivity index (χ2n) is 9.51. The number of esters is 1.